The fourth-order valence-electron chi connectivity index (χ4n) is 3.03. The van der Waals surface area contributed by atoms with Crippen LogP contribution in [0.5, 0.6) is 23.0 Å². The molecule has 0 atom stereocenters. The molecule has 5 nitrogen and oxygen atoms in total. The van der Waals surface area contributed by atoms with Crippen molar-refractivity contribution in [3.05, 3.63) is 121 Å². The lowest BCUT2D eigenvalue weighted by molar-refractivity contribution is -0.116. The third-order valence-corrected chi connectivity index (χ3v) is 7.54. The lowest BCUT2D eigenvalue weighted by Gasteiger charge is -2.20. The molecule has 0 fully saturated rings. The van der Waals surface area contributed by atoms with Crippen LogP contribution in [0.3, 0.4) is 0 Å². The van der Waals surface area contributed by atoms with Gasteiger partial charge in [-0.1, -0.05) is 72.8 Å². The Morgan fingerprint density at radius 3 is 1.14 bits per heavy atom. The number of ketones is 1. The summed E-state index contributed by atoms with van der Waals surface area (Å²) in [5, 5.41) is 0. The predicted octanol–water partition coefficient (Wildman–Crippen LogP) is 7.89. The zero-order valence-corrected chi connectivity index (χ0v) is 20.9. The summed E-state index contributed by atoms with van der Waals surface area (Å²) in [5.74, 6) is 2.80. The maximum Gasteiger partial charge on any atom is 0.298 e. The first-order chi connectivity index (χ1) is 17.2. The number of carbonyl (C=O) groups excluding carboxylic acids is 1. The average molecular weight is 504 g/mol. The number of carbonyl (C=O) groups is 1. The maximum absolute atomic E-state index is 13.0. The van der Waals surface area contributed by atoms with Crippen molar-refractivity contribution in [1.82, 2.24) is 0 Å². The summed E-state index contributed by atoms with van der Waals surface area (Å²) >= 11 is 0. The number of hydrogen-bond donors (Lipinski definition) is 0. The molecule has 0 aromatic heterocycles. The van der Waals surface area contributed by atoms with Gasteiger partial charge in [0.25, 0.3) is 16.8 Å². The van der Waals surface area contributed by atoms with Crippen LogP contribution in [0, 0.1) is 0 Å². The molecular formula is C28H26O5P2. The number of rotatable bonds is 13. The minimum atomic E-state index is -1.50. The van der Waals surface area contributed by atoms with Crippen LogP contribution in [0.4, 0.5) is 0 Å². The third-order valence-electron chi connectivity index (χ3n) is 4.68. The highest BCUT2D eigenvalue weighted by Gasteiger charge is 2.23. The van der Waals surface area contributed by atoms with Gasteiger partial charge in [-0.05, 0) is 48.5 Å². The van der Waals surface area contributed by atoms with Crippen LogP contribution >= 0.6 is 16.8 Å². The Morgan fingerprint density at radius 2 is 0.800 bits per heavy atom. The molecule has 0 radical (unpaired) electrons. The van der Waals surface area contributed by atoms with E-state index in [1.165, 1.54) is 0 Å². The van der Waals surface area contributed by atoms with E-state index in [0.29, 0.717) is 35.6 Å². The number of Topliss-reactive ketones (excluding diaryl/α,β-unsaturated/α-hetero) is 1. The number of benzene rings is 4. The SMILES string of the molecule is O=C(CCP(Oc1ccccc1)Oc1ccccc1)CP(Oc1ccccc1)Oc1ccccc1. The van der Waals surface area contributed by atoms with Crippen LogP contribution in [0.1, 0.15) is 6.42 Å². The third kappa shape index (κ3) is 8.72. The minimum Gasteiger partial charge on any atom is -0.439 e. The van der Waals surface area contributed by atoms with Crippen molar-refractivity contribution in [1.29, 1.82) is 0 Å². The van der Waals surface area contributed by atoms with E-state index in [9.17, 15) is 4.79 Å². The van der Waals surface area contributed by atoms with Crippen molar-refractivity contribution in [2.45, 2.75) is 6.42 Å². The van der Waals surface area contributed by atoms with Gasteiger partial charge in [-0.15, -0.1) is 0 Å². The van der Waals surface area contributed by atoms with Crippen molar-refractivity contribution >= 4 is 22.5 Å². The predicted molar refractivity (Wildman–Crippen MR) is 141 cm³/mol. The lowest BCUT2D eigenvalue weighted by atomic mass is 10.3. The molecule has 0 saturated carbocycles. The highest BCUT2D eigenvalue weighted by molar-refractivity contribution is 7.49. The molecule has 4 rings (SSSR count). The topological polar surface area (TPSA) is 54.0 Å². The first kappa shape index (κ1) is 24.7. The van der Waals surface area contributed by atoms with E-state index < -0.39 is 16.8 Å². The van der Waals surface area contributed by atoms with Crippen molar-refractivity contribution in [2.75, 3.05) is 12.3 Å². The Bertz CT molecular complexity index is 1060. The van der Waals surface area contributed by atoms with Gasteiger partial charge in [-0.3, -0.25) is 4.79 Å². The Hall–Kier alpha value is -3.39. The Kier molecular flexibility index (Phi) is 9.53. The van der Waals surface area contributed by atoms with Gasteiger partial charge < -0.3 is 18.1 Å². The number of para-hydroxylation sites is 4. The van der Waals surface area contributed by atoms with Gasteiger partial charge in [-0.2, -0.15) is 0 Å². The van der Waals surface area contributed by atoms with Crippen LogP contribution < -0.4 is 18.1 Å². The van der Waals surface area contributed by atoms with E-state index in [1.54, 1.807) is 0 Å². The van der Waals surface area contributed by atoms with Crippen molar-refractivity contribution in [2.24, 2.45) is 0 Å². The zero-order chi connectivity index (χ0) is 24.1. The van der Waals surface area contributed by atoms with Gasteiger partial charge >= 0.3 is 0 Å². The second-order valence-electron chi connectivity index (χ2n) is 7.45. The van der Waals surface area contributed by atoms with E-state index in [4.69, 9.17) is 18.1 Å². The summed E-state index contributed by atoms with van der Waals surface area (Å²) in [6.45, 7) is 0. The molecule has 4 aromatic carbocycles. The van der Waals surface area contributed by atoms with E-state index >= 15 is 0 Å². The highest BCUT2D eigenvalue weighted by atomic mass is 31.2. The molecule has 0 heterocycles. The first-order valence-electron chi connectivity index (χ1n) is 11.2. The van der Waals surface area contributed by atoms with E-state index in [2.05, 4.69) is 0 Å². The normalized spacial score (nSPS) is 10.7. The molecule has 7 heteroatoms. The fourth-order valence-corrected chi connectivity index (χ4v) is 5.72. The van der Waals surface area contributed by atoms with Crippen LogP contribution in [0.2, 0.25) is 0 Å². The van der Waals surface area contributed by atoms with Crippen LogP contribution in [-0.4, -0.2) is 18.1 Å². The van der Waals surface area contributed by atoms with Gasteiger partial charge in [0.1, 0.15) is 34.9 Å². The Labute approximate surface area is 208 Å². The smallest absolute Gasteiger partial charge is 0.298 e. The molecule has 0 amide bonds. The second-order valence-corrected chi connectivity index (χ2v) is 10.3. The quantitative estimate of drug-likeness (QED) is 0.173. The molecule has 0 aliphatic heterocycles. The summed E-state index contributed by atoms with van der Waals surface area (Å²) in [6.07, 6.45) is 0.914. The van der Waals surface area contributed by atoms with Crippen LogP contribution in [-0.2, 0) is 4.79 Å². The molecule has 0 bridgehead atoms. The van der Waals surface area contributed by atoms with Crippen molar-refractivity contribution in [3.63, 3.8) is 0 Å². The van der Waals surface area contributed by atoms with Gasteiger partial charge in [0.15, 0.2) is 0 Å². The molecule has 0 unspecified atom stereocenters. The van der Waals surface area contributed by atoms with Crippen molar-refractivity contribution < 1.29 is 22.9 Å². The van der Waals surface area contributed by atoms with Gasteiger partial charge in [0, 0.05) is 12.6 Å². The van der Waals surface area contributed by atoms with Crippen LogP contribution in [0.25, 0.3) is 0 Å². The summed E-state index contributed by atoms with van der Waals surface area (Å²) in [5.41, 5.74) is 0. The lowest BCUT2D eigenvalue weighted by Crippen LogP contribution is -2.12. The molecule has 0 aliphatic rings. The maximum atomic E-state index is 13.0. The molecule has 0 N–H and O–H groups in total. The molecule has 4 aromatic rings. The van der Waals surface area contributed by atoms with Gasteiger partial charge in [0.2, 0.25) is 0 Å². The van der Waals surface area contributed by atoms with Crippen LogP contribution in [0.15, 0.2) is 121 Å². The molecule has 0 saturated heterocycles. The molecule has 0 spiro atoms. The molecule has 0 aliphatic carbocycles. The van der Waals surface area contributed by atoms with E-state index in [0.717, 1.165) is 0 Å². The first-order valence-corrected chi connectivity index (χ1v) is 14.0. The monoisotopic (exact) mass is 504 g/mol. The Morgan fingerprint density at radius 1 is 0.486 bits per heavy atom. The highest BCUT2D eigenvalue weighted by Crippen LogP contribution is 2.43. The van der Waals surface area contributed by atoms with Crippen molar-refractivity contribution in [3.8, 4) is 23.0 Å². The number of hydrogen-bond acceptors (Lipinski definition) is 5. The fraction of sp³-hybridized carbons (Fsp3) is 0.107. The van der Waals surface area contributed by atoms with Gasteiger partial charge in [0.05, 0.1) is 0 Å². The van der Waals surface area contributed by atoms with E-state index in [-0.39, 0.29) is 11.9 Å². The zero-order valence-electron chi connectivity index (χ0n) is 19.1. The molecule has 178 valence electrons. The summed E-state index contributed by atoms with van der Waals surface area (Å²) in [7, 11) is -2.87. The average Bonchev–Trinajstić information content (AvgIpc) is 2.90. The standard InChI is InChI=1S/C28H26O5P2/c29-24(23-35(32-27-17-9-3-10-18-27)33-28-19-11-4-12-20-28)21-22-34(30-25-13-5-1-6-14-25)31-26-15-7-2-8-16-26/h1-20H,21-23H2. The second kappa shape index (κ2) is 13.5. The molecular weight excluding hydrogens is 478 g/mol. The summed E-state index contributed by atoms with van der Waals surface area (Å²) in [4.78, 5) is 13.0. The molecule has 35 heavy (non-hydrogen) atoms. The Balaban J connectivity index is 1.39. The summed E-state index contributed by atoms with van der Waals surface area (Å²) in [6, 6.07) is 37.8. The van der Waals surface area contributed by atoms with Gasteiger partial charge in [-0.25, -0.2) is 0 Å². The minimum absolute atomic E-state index is 0.0313. The van der Waals surface area contributed by atoms with E-state index in [1.807, 2.05) is 121 Å². The largest absolute Gasteiger partial charge is 0.439 e. The summed E-state index contributed by atoms with van der Waals surface area (Å²) < 4.78 is 24.3.